The Morgan fingerprint density at radius 3 is 1.86 bits per heavy atom. The standard InChI is InChI=1S/C25H43NO2/c1-3-5-6-7-8-9-10-11-12-13-14-15-16-17-21-26-25(27)23-19-18-20-24(22-23)28-4-2/h18-20,22H,3-17,21H2,1-2H3,(H,26,27). The molecule has 0 fully saturated rings. The van der Waals surface area contributed by atoms with Crippen LogP contribution in [0.25, 0.3) is 0 Å². The van der Waals surface area contributed by atoms with E-state index in [9.17, 15) is 4.79 Å². The van der Waals surface area contributed by atoms with Gasteiger partial charge in [-0.3, -0.25) is 4.79 Å². The molecule has 0 aliphatic rings. The van der Waals surface area contributed by atoms with Crippen molar-refractivity contribution >= 4 is 5.91 Å². The van der Waals surface area contributed by atoms with Crippen LogP contribution in [0.2, 0.25) is 0 Å². The van der Waals surface area contributed by atoms with Crippen molar-refractivity contribution in [2.24, 2.45) is 0 Å². The van der Waals surface area contributed by atoms with E-state index in [2.05, 4.69) is 12.2 Å². The molecule has 1 amide bonds. The summed E-state index contributed by atoms with van der Waals surface area (Å²) < 4.78 is 5.45. The first-order valence-corrected chi connectivity index (χ1v) is 11.8. The second-order valence-electron chi connectivity index (χ2n) is 7.81. The number of nitrogens with one attached hydrogen (secondary N) is 1. The summed E-state index contributed by atoms with van der Waals surface area (Å²) in [6.45, 7) is 5.60. The van der Waals surface area contributed by atoms with Gasteiger partial charge in [0.25, 0.3) is 5.91 Å². The zero-order valence-electron chi connectivity index (χ0n) is 18.4. The fourth-order valence-electron chi connectivity index (χ4n) is 3.52. The van der Waals surface area contributed by atoms with Crippen LogP contribution in [0.3, 0.4) is 0 Å². The molecular weight excluding hydrogens is 346 g/mol. The first-order valence-electron chi connectivity index (χ1n) is 11.8. The summed E-state index contributed by atoms with van der Waals surface area (Å²) in [5.74, 6) is 0.753. The van der Waals surface area contributed by atoms with Crippen molar-refractivity contribution in [2.75, 3.05) is 13.2 Å². The van der Waals surface area contributed by atoms with E-state index in [4.69, 9.17) is 4.74 Å². The number of unbranched alkanes of at least 4 members (excludes halogenated alkanes) is 13. The van der Waals surface area contributed by atoms with Crippen LogP contribution in [0.5, 0.6) is 5.75 Å². The second kappa shape index (κ2) is 17.6. The molecule has 3 nitrogen and oxygen atoms in total. The maximum atomic E-state index is 12.2. The van der Waals surface area contributed by atoms with Crippen LogP contribution in [0.1, 0.15) is 114 Å². The fraction of sp³-hybridized carbons (Fsp3) is 0.720. The monoisotopic (exact) mass is 389 g/mol. The lowest BCUT2D eigenvalue weighted by Gasteiger charge is -2.07. The maximum Gasteiger partial charge on any atom is 0.251 e. The van der Waals surface area contributed by atoms with E-state index in [0.29, 0.717) is 12.2 Å². The van der Waals surface area contributed by atoms with E-state index in [-0.39, 0.29) is 5.91 Å². The third-order valence-electron chi connectivity index (χ3n) is 5.22. The molecule has 160 valence electrons. The zero-order valence-corrected chi connectivity index (χ0v) is 18.4. The molecule has 0 aliphatic heterocycles. The van der Waals surface area contributed by atoms with Crippen LogP contribution < -0.4 is 10.1 Å². The van der Waals surface area contributed by atoms with Crippen LogP contribution in [-0.2, 0) is 0 Å². The van der Waals surface area contributed by atoms with Crippen molar-refractivity contribution in [1.29, 1.82) is 0 Å². The Morgan fingerprint density at radius 2 is 1.32 bits per heavy atom. The molecule has 1 N–H and O–H groups in total. The summed E-state index contributed by atoms with van der Waals surface area (Å²) in [5.41, 5.74) is 0.677. The van der Waals surface area contributed by atoms with Crippen LogP contribution in [0.15, 0.2) is 24.3 Å². The second-order valence-corrected chi connectivity index (χ2v) is 7.81. The Labute approximate surface area is 173 Å². The van der Waals surface area contributed by atoms with E-state index in [1.165, 1.54) is 83.5 Å². The maximum absolute atomic E-state index is 12.2. The molecule has 0 atom stereocenters. The minimum atomic E-state index is -0.00347. The number of rotatable bonds is 18. The molecule has 0 radical (unpaired) electrons. The van der Waals surface area contributed by atoms with Gasteiger partial charge in [0.1, 0.15) is 5.75 Å². The molecule has 1 aromatic rings. The van der Waals surface area contributed by atoms with Crippen molar-refractivity contribution in [1.82, 2.24) is 5.32 Å². The SMILES string of the molecule is CCCCCCCCCCCCCCCCNC(=O)c1cccc(OCC)c1. The lowest BCUT2D eigenvalue weighted by Crippen LogP contribution is -2.24. The van der Waals surface area contributed by atoms with Gasteiger partial charge in [0.15, 0.2) is 0 Å². The average Bonchev–Trinajstić information content (AvgIpc) is 2.71. The van der Waals surface area contributed by atoms with E-state index >= 15 is 0 Å². The quantitative estimate of drug-likeness (QED) is 0.268. The van der Waals surface area contributed by atoms with Crippen molar-refractivity contribution in [3.05, 3.63) is 29.8 Å². The highest BCUT2D eigenvalue weighted by molar-refractivity contribution is 5.94. The molecule has 0 saturated heterocycles. The summed E-state index contributed by atoms with van der Waals surface area (Å²) >= 11 is 0. The van der Waals surface area contributed by atoms with E-state index < -0.39 is 0 Å². The van der Waals surface area contributed by atoms with Gasteiger partial charge in [-0.15, -0.1) is 0 Å². The number of carbonyl (C=O) groups is 1. The van der Waals surface area contributed by atoms with Crippen LogP contribution >= 0.6 is 0 Å². The van der Waals surface area contributed by atoms with E-state index in [1.807, 2.05) is 31.2 Å². The highest BCUT2D eigenvalue weighted by Crippen LogP contribution is 2.14. The molecule has 3 heteroatoms. The van der Waals surface area contributed by atoms with Crippen molar-refractivity contribution in [3.63, 3.8) is 0 Å². The van der Waals surface area contributed by atoms with Crippen molar-refractivity contribution in [3.8, 4) is 5.75 Å². The highest BCUT2D eigenvalue weighted by atomic mass is 16.5. The molecule has 0 aromatic heterocycles. The number of benzene rings is 1. The molecule has 1 aromatic carbocycles. The number of hydrogen-bond acceptors (Lipinski definition) is 2. The Balaban J connectivity index is 1.90. The first kappa shape index (κ1) is 24.5. The average molecular weight is 390 g/mol. The topological polar surface area (TPSA) is 38.3 Å². The van der Waals surface area contributed by atoms with Crippen LogP contribution in [0.4, 0.5) is 0 Å². The van der Waals surface area contributed by atoms with E-state index in [1.54, 1.807) is 0 Å². The molecular formula is C25H43NO2. The smallest absolute Gasteiger partial charge is 0.251 e. The van der Waals surface area contributed by atoms with Gasteiger partial charge in [-0.2, -0.15) is 0 Å². The van der Waals surface area contributed by atoms with Crippen LogP contribution in [-0.4, -0.2) is 19.1 Å². The molecule has 0 heterocycles. The molecule has 0 bridgehead atoms. The predicted octanol–water partition coefficient (Wildman–Crippen LogP) is 7.30. The Morgan fingerprint density at radius 1 is 0.786 bits per heavy atom. The summed E-state index contributed by atoms with van der Waals surface area (Å²) in [6, 6.07) is 7.40. The van der Waals surface area contributed by atoms with Gasteiger partial charge in [-0.25, -0.2) is 0 Å². The summed E-state index contributed by atoms with van der Waals surface area (Å²) in [7, 11) is 0. The lowest BCUT2D eigenvalue weighted by atomic mass is 10.0. The Hall–Kier alpha value is -1.51. The summed E-state index contributed by atoms with van der Waals surface area (Å²) in [5, 5.41) is 3.02. The fourth-order valence-corrected chi connectivity index (χ4v) is 3.52. The van der Waals surface area contributed by atoms with Gasteiger partial charge < -0.3 is 10.1 Å². The van der Waals surface area contributed by atoms with Gasteiger partial charge in [0, 0.05) is 12.1 Å². The summed E-state index contributed by atoms with van der Waals surface area (Å²) in [6.07, 6.45) is 18.9. The molecule has 0 saturated carbocycles. The molecule has 0 spiro atoms. The Bertz CT molecular complexity index is 501. The Kier molecular flexibility index (Phi) is 15.4. The van der Waals surface area contributed by atoms with Gasteiger partial charge in [0.05, 0.1) is 6.61 Å². The molecule has 0 unspecified atom stereocenters. The van der Waals surface area contributed by atoms with Gasteiger partial charge in [0.2, 0.25) is 0 Å². The number of carbonyl (C=O) groups excluding carboxylic acids is 1. The highest BCUT2D eigenvalue weighted by Gasteiger charge is 2.05. The van der Waals surface area contributed by atoms with Crippen molar-refractivity contribution in [2.45, 2.75) is 104 Å². The minimum absolute atomic E-state index is 0.00347. The van der Waals surface area contributed by atoms with E-state index in [0.717, 1.165) is 18.7 Å². The zero-order chi connectivity index (χ0) is 20.3. The number of ether oxygens (including phenoxy) is 1. The molecule has 1 rings (SSSR count). The number of hydrogen-bond donors (Lipinski definition) is 1. The predicted molar refractivity (Wildman–Crippen MR) is 120 cm³/mol. The van der Waals surface area contributed by atoms with Gasteiger partial charge in [-0.05, 0) is 31.5 Å². The minimum Gasteiger partial charge on any atom is -0.494 e. The van der Waals surface area contributed by atoms with Crippen LogP contribution in [0, 0.1) is 0 Å². The third kappa shape index (κ3) is 12.8. The summed E-state index contributed by atoms with van der Waals surface area (Å²) in [4.78, 5) is 12.2. The van der Waals surface area contributed by atoms with Crippen molar-refractivity contribution < 1.29 is 9.53 Å². The van der Waals surface area contributed by atoms with Gasteiger partial charge in [-0.1, -0.05) is 96.5 Å². The van der Waals surface area contributed by atoms with Gasteiger partial charge >= 0.3 is 0 Å². The largest absolute Gasteiger partial charge is 0.494 e. The number of amides is 1. The normalized spacial score (nSPS) is 10.8. The molecule has 28 heavy (non-hydrogen) atoms. The molecule has 0 aliphatic carbocycles. The first-order chi connectivity index (χ1) is 13.8. The lowest BCUT2D eigenvalue weighted by molar-refractivity contribution is 0.0952. The third-order valence-corrected chi connectivity index (χ3v) is 5.22.